The maximum atomic E-state index is 12.9. The molecule has 0 aliphatic rings. The molecule has 0 spiro atoms. The molecule has 76 heavy (non-hydrogen) atoms. The van der Waals surface area contributed by atoms with Gasteiger partial charge in [-0.25, -0.2) is 0 Å². The lowest BCUT2D eigenvalue weighted by molar-refractivity contribution is -0.166. The molecule has 0 radical (unpaired) electrons. The number of unbranched alkanes of at least 4 members (excludes halogenated alkanes) is 25. The Balaban J connectivity index is 4.47. The first-order valence-electron chi connectivity index (χ1n) is 31.5. The van der Waals surface area contributed by atoms with Crippen LogP contribution in [0.5, 0.6) is 0 Å². The molecule has 6 heteroatoms. The van der Waals surface area contributed by atoms with E-state index in [1.54, 1.807) is 0 Å². The van der Waals surface area contributed by atoms with Crippen LogP contribution in [-0.2, 0) is 28.6 Å². The molecule has 0 fully saturated rings. The Morgan fingerprint density at radius 1 is 0.276 bits per heavy atom. The average molecular weight is 1050 g/mol. The van der Waals surface area contributed by atoms with Gasteiger partial charge in [0.05, 0.1) is 0 Å². The molecule has 0 heterocycles. The van der Waals surface area contributed by atoms with Crippen LogP contribution in [0.15, 0.2) is 122 Å². The fourth-order valence-corrected chi connectivity index (χ4v) is 8.58. The SMILES string of the molecule is CC/C=C\C/C=C\C/C=C\C/C=C\C/C=C\C/C=C\CCC(=O)OC(COC(=O)CCCCCCCCCCCC/C=C\C/C=C\C/C=C\C/C=C\CC)COC(=O)CCCCCCCCCCCCCCCCCC. The minimum atomic E-state index is -0.823. The molecule has 0 amide bonds. The average Bonchev–Trinajstić information content (AvgIpc) is 3.42. The first-order valence-corrected chi connectivity index (χ1v) is 31.5. The normalized spacial score (nSPS) is 12.9. The maximum absolute atomic E-state index is 12.9. The summed E-state index contributed by atoms with van der Waals surface area (Å²) in [7, 11) is 0. The van der Waals surface area contributed by atoms with Gasteiger partial charge in [0.15, 0.2) is 6.10 Å². The summed E-state index contributed by atoms with van der Waals surface area (Å²) in [6.45, 7) is 6.37. The van der Waals surface area contributed by atoms with Gasteiger partial charge in [-0.1, -0.05) is 290 Å². The van der Waals surface area contributed by atoms with E-state index in [2.05, 4.69) is 136 Å². The third-order valence-corrected chi connectivity index (χ3v) is 13.2. The molecule has 0 aromatic carbocycles. The van der Waals surface area contributed by atoms with Crippen LogP contribution >= 0.6 is 0 Å². The molecular formula is C70H116O6. The third-order valence-electron chi connectivity index (χ3n) is 13.2. The molecule has 0 aliphatic heterocycles. The van der Waals surface area contributed by atoms with E-state index in [0.29, 0.717) is 19.3 Å². The summed E-state index contributed by atoms with van der Waals surface area (Å²) in [6, 6.07) is 0. The zero-order chi connectivity index (χ0) is 55.0. The van der Waals surface area contributed by atoms with Crippen LogP contribution in [-0.4, -0.2) is 37.2 Å². The smallest absolute Gasteiger partial charge is 0.306 e. The fourth-order valence-electron chi connectivity index (χ4n) is 8.58. The first kappa shape index (κ1) is 71.8. The minimum absolute atomic E-state index is 0.109. The molecule has 0 N–H and O–H groups in total. The van der Waals surface area contributed by atoms with Crippen LogP contribution in [0.1, 0.15) is 284 Å². The highest BCUT2D eigenvalue weighted by molar-refractivity contribution is 5.71. The number of carbonyl (C=O) groups excluding carboxylic acids is 3. The van der Waals surface area contributed by atoms with Gasteiger partial charge in [0.25, 0.3) is 0 Å². The van der Waals surface area contributed by atoms with Gasteiger partial charge in [-0.2, -0.15) is 0 Å². The summed E-state index contributed by atoms with van der Waals surface area (Å²) in [5.74, 6) is -0.992. The Labute approximate surface area is 469 Å². The van der Waals surface area contributed by atoms with E-state index in [4.69, 9.17) is 14.2 Å². The van der Waals surface area contributed by atoms with E-state index in [-0.39, 0.29) is 31.6 Å². The molecule has 0 bridgehead atoms. The Hall–Kier alpha value is -4.19. The molecule has 0 aliphatic carbocycles. The van der Waals surface area contributed by atoms with Gasteiger partial charge >= 0.3 is 17.9 Å². The fraction of sp³-hybridized carbons (Fsp3) is 0.671. The third kappa shape index (κ3) is 60.7. The van der Waals surface area contributed by atoms with E-state index in [1.165, 1.54) is 135 Å². The number of rotatable bonds is 56. The van der Waals surface area contributed by atoms with Crippen molar-refractivity contribution in [2.75, 3.05) is 13.2 Å². The zero-order valence-electron chi connectivity index (χ0n) is 49.5. The summed E-state index contributed by atoms with van der Waals surface area (Å²) in [5, 5.41) is 0. The zero-order valence-corrected chi connectivity index (χ0v) is 49.5. The first-order chi connectivity index (χ1) is 37.5. The monoisotopic (exact) mass is 1050 g/mol. The van der Waals surface area contributed by atoms with Crippen molar-refractivity contribution in [1.82, 2.24) is 0 Å². The second kappa shape index (κ2) is 63.3. The summed E-state index contributed by atoms with van der Waals surface area (Å²) >= 11 is 0. The van der Waals surface area contributed by atoms with Crippen LogP contribution < -0.4 is 0 Å². The second-order valence-corrected chi connectivity index (χ2v) is 20.6. The molecular weight excluding hydrogens is 937 g/mol. The summed E-state index contributed by atoms with van der Waals surface area (Å²) < 4.78 is 16.9. The maximum Gasteiger partial charge on any atom is 0.306 e. The molecule has 6 nitrogen and oxygen atoms in total. The summed E-state index contributed by atoms with van der Waals surface area (Å²) in [5.41, 5.74) is 0. The van der Waals surface area contributed by atoms with Crippen LogP contribution in [0.25, 0.3) is 0 Å². The molecule has 0 aromatic rings. The van der Waals surface area contributed by atoms with Crippen molar-refractivity contribution in [1.29, 1.82) is 0 Å². The van der Waals surface area contributed by atoms with Gasteiger partial charge in [-0.15, -0.1) is 0 Å². The molecule has 0 saturated carbocycles. The van der Waals surface area contributed by atoms with E-state index in [0.717, 1.165) is 103 Å². The summed E-state index contributed by atoms with van der Waals surface area (Å²) in [4.78, 5) is 38.3. The highest BCUT2D eigenvalue weighted by Crippen LogP contribution is 2.16. The lowest BCUT2D eigenvalue weighted by atomic mass is 10.0. The largest absolute Gasteiger partial charge is 0.462 e. The molecule has 0 saturated heterocycles. The van der Waals surface area contributed by atoms with Crippen molar-refractivity contribution in [3.05, 3.63) is 122 Å². The number of hydrogen-bond acceptors (Lipinski definition) is 6. The van der Waals surface area contributed by atoms with Gasteiger partial charge in [-0.05, 0) is 96.3 Å². The van der Waals surface area contributed by atoms with Crippen molar-refractivity contribution < 1.29 is 28.6 Å². The number of hydrogen-bond donors (Lipinski definition) is 0. The van der Waals surface area contributed by atoms with Crippen molar-refractivity contribution >= 4 is 17.9 Å². The Kier molecular flexibility index (Phi) is 59.9. The van der Waals surface area contributed by atoms with E-state index in [9.17, 15) is 14.4 Å². The van der Waals surface area contributed by atoms with Gasteiger partial charge in [0.1, 0.15) is 13.2 Å². The quantitative estimate of drug-likeness (QED) is 0.0261. The van der Waals surface area contributed by atoms with E-state index < -0.39 is 12.1 Å². The number of ether oxygens (including phenoxy) is 3. The molecule has 0 aromatic heterocycles. The Bertz CT molecular complexity index is 1590. The van der Waals surface area contributed by atoms with E-state index >= 15 is 0 Å². The minimum Gasteiger partial charge on any atom is -0.462 e. The molecule has 432 valence electrons. The highest BCUT2D eigenvalue weighted by Gasteiger charge is 2.19. The van der Waals surface area contributed by atoms with Gasteiger partial charge in [-0.3, -0.25) is 14.4 Å². The van der Waals surface area contributed by atoms with Crippen molar-refractivity contribution in [3.63, 3.8) is 0 Å². The van der Waals surface area contributed by atoms with E-state index in [1.807, 2.05) is 6.08 Å². The number of esters is 3. The Morgan fingerprint density at radius 3 is 0.855 bits per heavy atom. The van der Waals surface area contributed by atoms with Crippen molar-refractivity contribution in [2.45, 2.75) is 290 Å². The topological polar surface area (TPSA) is 78.9 Å². The second-order valence-electron chi connectivity index (χ2n) is 20.6. The predicted octanol–water partition coefficient (Wildman–Crippen LogP) is 21.6. The highest BCUT2D eigenvalue weighted by atomic mass is 16.6. The number of allylic oxidation sites excluding steroid dienone is 20. The lowest BCUT2D eigenvalue weighted by Gasteiger charge is -2.18. The van der Waals surface area contributed by atoms with Crippen LogP contribution in [0.4, 0.5) is 0 Å². The van der Waals surface area contributed by atoms with Gasteiger partial charge in [0, 0.05) is 19.3 Å². The van der Waals surface area contributed by atoms with Gasteiger partial charge in [0.2, 0.25) is 0 Å². The van der Waals surface area contributed by atoms with Crippen LogP contribution in [0.2, 0.25) is 0 Å². The Morgan fingerprint density at radius 2 is 0.539 bits per heavy atom. The van der Waals surface area contributed by atoms with Crippen molar-refractivity contribution in [2.24, 2.45) is 0 Å². The van der Waals surface area contributed by atoms with Gasteiger partial charge < -0.3 is 14.2 Å². The standard InChI is InChI=1S/C70H116O6/c1-4-7-10-13-16-19-22-25-28-31-33-34-35-36-38-39-42-45-48-51-54-57-60-63-69(72)75-66-67(65-74-68(71)62-59-56-53-50-47-44-41-30-27-24-21-18-15-12-9-6-3)76-70(73)64-61-58-55-52-49-46-43-40-37-32-29-26-23-20-17-14-11-8-5-2/h7-8,10-11,16-17,19-20,25-26,28-29,33-34,37,40,46,49,55,58,67H,4-6,9,12-15,18,21-24,27,30-32,35-36,38-39,41-45,47-48,50-54,56-57,59-66H2,1-3H3/b10-7-,11-8-,19-16-,20-17-,28-25-,29-26-,34-33-,40-37-,49-46-,58-55-. The number of carbonyl (C=O) groups is 3. The predicted molar refractivity (Wildman–Crippen MR) is 330 cm³/mol. The molecule has 0 rings (SSSR count). The van der Waals surface area contributed by atoms with Crippen molar-refractivity contribution in [3.8, 4) is 0 Å². The lowest BCUT2D eigenvalue weighted by Crippen LogP contribution is -2.30. The molecule has 1 unspecified atom stereocenters. The molecule has 1 atom stereocenters. The summed E-state index contributed by atoms with van der Waals surface area (Å²) in [6.07, 6.45) is 87.8. The van der Waals surface area contributed by atoms with Crippen LogP contribution in [0, 0.1) is 0 Å². The van der Waals surface area contributed by atoms with Crippen LogP contribution in [0.3, 0.4) is 0 Å².